The van der Waals surface area contributed by atoms with Gasteiger partial charge in [-0.15, -0.1) is 0 Å². The maximum atomic E-state index is 6.33. The Morgan fingerprint density at radius 1 is 1.04 bits per heavy atom. The third-order valence-electron chi connectivity index (χ3n) is 5.37. The zero-order valence-electron chi connectivity index (χ0n) is 16.5. The summed E-state index contributed by atoms with van der Waals surface area (Å²) in [5, 5.41) is 0.317. The molecule has 132 valence electrons. The summed E-state index contributed by atoms with van der Waals surface area (Å²) in [5.74, 6) is 0.797. The quantitative estimate of drug-likeness (QED) is 0.358. The van der Waals surface area contributed by atoms with E-state index in [-0.39, 0.29) is 0 Å². The van der Waals surface area contributed by atoms with Gasteiger partial charge in [0.15, 0.2) is 8.32 Å². The van der Waals surface area contributed by atoms with Gasteiger partial charge in [-0.05, 0) is 55.8 Å². The van der Waals surface area contributed by atoms with E-state index in [1.54, 1.807) is 0 Å². The van der Waals surface area contributed by atoms with Crippen LogP contribution in [0.15, 0.2) is 24.3 Å². The lowest BCUT2D eigenvalue weighted by Gasteiger charge is -2.36. The number of hydrogen-bond donors (Lipinski definition) is 0. The van der Waals surface area contributed by atoms with Gasteiger partial charge in [0.2, 0.25) is 0 Å². The Bertz CT molecular complexity index is 442. The van der Waals surface area contributed by atoms with Crippen molar-refractivity contribution >= 4 is 8.32 Å². The second kappa shape index (κ2) is 9.03. The van der Waals surface area contributed by atoms with Crippen LogP contribution in [-0.2, 0) is 10.8 Å². The van der Waals surface area contributed by atoms with Crippen LogP contribution in [0.4, 0.5) is 0 Å². The minimum atomic E-state index is -1.58. The first-order valence-electron chi connectivity index (χ1n) is 9.35. The van der Waals surface area contributed by atoms with E-state index >= 15 is 0 Å². The molecule has 0 heterocycles. The summed E-state index contributed by atoms with van der Waals surface area (Å²) in [6.07, 6.45) is 6.31. The van der Waals surface area contributed by atoms with Gasteiger partial charge in [-0.2, -0.15) is 0 Å². The molecule has 23 heavy (non-hydrogen) atoms. The zero-order chi connectivity index (χ0) is 17.5. The fourth-order valence-electron chi connectivity index (χ4n) is 2.73. The van der Waals surface area contributed by atoms with E-state index in [2.05, 4.69) is 72.0 Å². The maximum absolute atomic E-state index is 6.33. The normalized spacial score (nSPS) is 14.0. The first kappa shape index (κ1) is 20.4. The van der Waals surface area contributed by atoms with Gasteiger partial charge in [-0.3, -0.25) is 0 Å². The SMILES string of the molecule is CCC[C@@H](CCCO[Si](C)(C)C(C)(C)C)Cc1ccc(C)cc1. The van der Waals surface area contributed by atoms with E-state index in [4.69, 9.17) is 4.43 Å². The predicted octanol–water partition coefficient (Wildman–Crippen LogP) is 6.76. The van der Waals surface area contributed by atoms with Crippen molar-refractivity contribution in [3.05, 3.63) is 35.4 Å². The minimum Gasteiger partial charge on any atom is -0.417 e. The number of aryl methyl sites for hydroxylation is 1. The van der Waals surface area contributed by atoms with Gasteiger partial charge in [0.05, 0.1) is 0 Å². The van der Waals surface area contributed by atoms with Crippen LogP contribution in [0.5, 0.6) is 0 Å². The summed E-state index contributed by atoms with van der Waals surface area (Å²) in [6.45, 7) is 17.0. The van der Waals surface area contributed by atoms with Crippen LogP contribution in [0, 0.1) is 12.8 Å². The smallest absolute Gasteiger partial charge is 0.191 e. The summed E-state index contributed by atoms with van der Waals surface area (Å²) in [6, 6.07) is 9.06. The standard InChI is InChI=1S/C21H38OSi/c1-8-10-19(17-20-14-12-18(2)13-15-20)11-9-16-22-23(6,7)21(3,4)5/h12-15,19H,8-11,16-17H2,1-7H3/t19-/m0/s1. The van der Waals surface area contributed by atoms with E-state index < -0.39 is 8.32 Å². The van der Waals surface area contributed by atoms with E-state index in [1.165, 1.54) is 43.2 Å². The van der Waals surface area contributed by atoms with Crippen molar-refractivity contribution in [3.8, 4) is 0 Å². The Labute approximate surface area is 146 Å². The van der Waals surface area contributed by atoms with Crippen molar-refractivity contribution in [2.75, 3.05) is 6.61 Å². The minimum absolute atomic E-state index is 0.317. The molecule has 0 saturated heterocycles. The Morgan fingerprint density at radius 3 is 2.17 bits per heavy atom. The highest BCUT2D eigenvalue weighted by molar-refractivity contribution is 6.74. The van der Waals surface area contributed by atoms with Gasteiger partial charge in [0, 0.05) is 6.61 Å². The third kappa shape index (κ3) is 7.22. The molecule has 0 aliphatic carbocycles. The van der Waals surface area contributed by atoms with Crippen LogP contribution in [0.25, 0.3) is 0 Å². The number of rotatable bonds is 9. The molecule has 1 rings (SSSR count). The highest BCUT2D eigenvalue weighted by Crippen LogP contribution is 2.36. The van der Waals surface area contributed by atoms with Crippen molar-refractivity contribution in [1.82, 2.24) is 0 Å². The number of benzene rings is 1. The lowest BCUT2D eigenvalue weighted by molar-refractivity contribution is 0.264. The molecule has 0 radical (unpaired) electrons. The Morgan fingerprint density at radius 2 is 1.65 bits per heavy atom. The van der Waals surface area contributed by atoms with Crippen molar-refractivity contribution in [1.29, 1.82) is 0 Å². The monoisotopic (exact) mass is 334 g/mol. The third-order valence-corrected chi connectivity index (χ3v) is 9.91. The lowest BCUT2D eigenvalue weighted by Crippen LogP contribution is -2.41. The molecule has 0 amide bonds. The van der Waals surface area contributed by atoms with Crippen LogP contribution in [0.3, 0.4) is 0 Å². The molecule has 1 aromatic rings. The second-order valence-corrected chi connectivity index (χ2v) is 13.4. The summed E-state index contributed by atoms with van der Waals surface area (Å²) < 4.78 is 6.33. The van der Waals surface area contributed by atoms with Gasteiger partial charge < -0.3 is 4.43 Å². The van der Waals surface area contributed by atoms with Crippen molar-refractivity contribution in [2.24, 2.45) is 5.92 Å². The van der Waals surface area contributed by atoms with Gasteiger partial charge >= 0.3 is 0 Å². The molecule has 1 nitrogen and oxygen atoms in total. The second-order valence-electron chi connectivity index (χ2n) is 8.60. The van der Waals surface area contributed by atoms with E-state index in [0.29, 0.717) is 5.04 Å². The highest BCUT2D eigenvalue weighted by atomic mass is 28.4. The van der Waals surface area contributed by atoms with Crippen molar-refractivity contribution < 1.29 is 4.43 Å². The van der Waals surface area contributed by atoms with Gasteiger partial charge in [-0.1, -0.05) is 70.4 Å². The average molecular weight is 335 g/mol. The Kier molecular flexibility index (Phi) is 8.03. The molecule has 0 saturated carbocycles. The first-order chi connectivity index (χ1) is 10.7. The van der Waals surface area contributed by atoms with Crippen LogP contribution >= 0.6 is 0 Å². The molecule has 1 atom stereocenters. The molecule has 0 aliphatic rings. The molecule has 0 bridgehead atoms. The van der Waals surface area contributed by atoms with Crippen LogP contribution in [0.2, 0.25) is 18.1 Å². The molecule has 0 aliphatic heterocycles. The summed E-state index contributed by atoms with van der Waals surface area (Å²) in [7, 11) is -1.58. The highest BCUT2D eigenvalue weighted by Gasteiger charge is 2.36. The topological polar surface area (TPSA) is 9.23 Å². The van der Waals surface area contributed by atoms with Gasteiger partial charge in [0.25, 0.3) is 0 Å². The fourth-order valence-corrected chi connectivity index (χ4v) is 3.82. The van der Waals surface area contributed by atoms with E-state index in [1.807, 2.05) is 0 Å². The molecule has 0 N–H and O–H groups in total. The molecule has 1 aromatic carbocycles. The Balaban J connectivity index is 2.43. The van der Waals surface area contributed by atoms with Crippen LogP contribution in [-0.4, -0.2) is 14.9 Å². The summed E-state index contributed by atoms with van der Waals surface area (Å²) in [5.41, 5.74) is 2.84. The van der Waals surface area contributed by atoms with Crippen molar-refractivity contribution in [3.63, 3.8) is 0 Å². The van der Waals surface area contributed by atoms with Crippen molar-refractivity contribution in [2.45, 2.75) is 84.9 Å². The van der Waals surface area contributed by atoms with Gasteiger partial charge in [-0.25, -0.2) is 0 Å². The molecule has 0 spiro atoms. The Hall–Kier alpha value is -0.603. The van der Waals surface area contributed by atoms with E-state index in [9.17, 15) is 0 Å². The number of hydrogen-bond acceptors (Lipinski definition) is 1. The molecule has 0 unspecified atom stereocenters. The first-order valence-corrected chi connectivity index (χ1v) is 12.3. The van der Waals surface area contributed by atoms with Gasteiger partial charge in [0.1, 0.15) is 0 Å². The summed E-state index contributed by atoms with van der Waals surface area (Å²) >= 11 is 0. The molecule has 2 heteroatoms. The molecule has 0 aromatic heterocycles. The zero-order valence-corrected chi connectivity index (χ0v) is 17.5. The predicted molar refractivity (Wildman–Crippen MR) is 106 cm³/mol. The average Bonchev–Trinajstić information content (AvgIpc) is 2.45. The maximum Gasteiger partial charge on any atom is 0.191 e. The van der Waals surface area contributed by atoms with Crippen LogP contribution in [0.1, 0.15) is 64.5 Å². The summed E-state index contributed by atoms with van der Waals surface area (Å²) in [4.78, 5) is 0. The largest absolute Gasteiger partial charge is 0.417 e. The molecular weight excluding hydrogens is 296 g/mol. The lowest BCUT2D eigenvalue weighted by atomic mass is 9.91. The van der Waals surface area contributed by atoms with E-state index in [0.717, 1.165) is 12.5 Å². The molecular formula is C21H38OSi. The fraction of sp³-hybridized carbons (Fsp3) is 0.714. The van der Waals surface area contributed by atoms with Crippen LogP contribution < -0.4 is 0 Å². The molecule has 0 fully saturated rings.